The Balaban J connectivity index is 3.19. The quantitative estimate of drug-likeness (QED) is 0.654. The van der Waals surface area contributed by atoms with Crippen molar-refractivity contribution in [2.75, 3.05) is 6.61 Å². The first-order valence-electron chi connectivity index (χ1n) is 7.14. The van der Waals surface area contributed by atoms with Crippen LogP contribution >= 0.6 is 0 Å². The zero-order valence-electron chi connectivity index (χ0n) is 13.4. The Kier molecular flexibility index (Phi) is 5.55. The van der Waals surface area contributed by atoms with Crippen molar-refractivity contribution in [1.29, 1.82) is 0 Å². The van der Waals surface area contributed by atoms with Crippen LogP contribution in [0.2, 0.25) is 0 Å². The van der Waals surface area contributed by atoms with Gasteiger partial charge in [0.1, 0.15) is 12.4 Å². The molecule has 0 spiro atoms. The summed E-state index contributed by atoms with van der Waals surface area (Å²) in [5.41, 5.74) is 2.93. The number of hydrogen-bond donors (Lipinski definition) is 0. The summed E-state index contributed by atoms with van der Waals surface area (Å²) in [5.74, 6) is 0.820. The molecule has 0 bridgehead atoms. The average molecular weight is 274 g/mol. The van der Waals surface area contributed by atoms with Crippen LogP contribution in [0.4, 0.5) is 0 Å². The van der Waals surface area contributed by atoms with Crippen molar-refractivity contribution in [2.24, 2.45) is 5.41 Å². The molecular weight excluding hydrogens is 248 g/mol. The molecule has 1 aliphatic carbocycles. The molecule has 0 radical (unpaired) electrons. The van der Waals surface area contributed by atoms with Gasteiger partial charge >= 0.3 is 0 Å². The molecule has 0 N–H and O–H groups in total. The zero-order chi connectivity index (χ0) is 15.3. The van der Waals surface area contributed by atoms with Crippen LogP contribution in [-0.4, -0.2) is 12.4 Å². The van der Waals surface area contributed by atoms with Crippen LogP contribution in [0.15, 0.2) is 47.3 Å². The average Bonchev–Trinajstić information content (AvgIpc) is 2.38. The highest BCUT2D eigenvalue weighted by Crippen LogP contribution is 2.39. The second-order valence-corrected chi connectivity index (χ2v) is 6.04. The van der Waals surface area contributed by atoms with Crippen molar-refractivity contribution in [1.82, 2.24) is 0 Å². The van der Waals surface area contributed by atoms with Crippen molar-refractivity contribution < 1.29 is 9.53 Å². The molecule has 1 rings (SSSR count). The monoisotopic (exact) mass is 274 g/mol. The van der Waals surface area contributed by atoms with Gasteiger partial charge in [0.25, 0.3) is 0 Å². The lowest BCUT2D eigenvalue weighted by molar-refractivity contribution is -0.113. The van der Waals surface area contributed by atoms with Crippen LogP contribution in [-0.2, 0) is 9.53 Å². The van der Waals surface area contributed by atoms with E-state index in [9.17, 15) is 4.79 Å². The molecule has 0 heterocycles. The summed E-state index contributed by atoms with van der Waals surface area (Å²) in [6.45, 7) is 14.3. The van der Waals surface area contributed by atoms with Gasteiger partial charge in [-0.1, -0.05) is 31.6 Å². The van der Waals surface area contributed by atoms with Gasteiger partial charge in [-0.3, -0.25) is 4.79 Å². The highest BCUT2D eigenvalue weighted by Gasteiger charge is 2.29. The number of carbonyl (C=O) groups excluding carboxylic acids is 1. The SMILES string of the molecule is C=CC(C)(C)C1=C(OCC=C(C)C)C(C(C)=O)=CCC1. The summed E-state index contributed by atoms with van der Waals surface area (Å²) in [6, 6.07) is 0. The third kappa shape index (κ3) is 3.96. The summed E-state index contributed by atoms with van der Waals surface area (Å²) in [7, 11) is 0. The van der Waals surface area contributed by atoms with Gasteiger partial charge < -0.3 is 4.74 Å². The minimum absolute atomic E-state index is 0.0641. The van der Waals surface area contributed by atoms with E-state index in [-0.39, 0.29) is 11.2 Å². The molecule has 0 amide bonds. The first-order chi connectivity index (χ1) is 9.29. The van der Waals surface area contributed by atoms with Crippen LogP contribution in [0.25, 0.3) is 0 Å². The molecule has 0 saturated heterocycles. The molecule has 0 fully saturated rings. The molecular formula is C18H26O2. The van der Waals surface area contributed by atoms with E-state index in [4.69, 9.17) is 4.74 Å². The Morgan fingerprint density at radius 3 is 2.55 bits per heavy atom. The minimum atomic E-state index is -0.157. The molecule has 0 saturated carbocycles. The van der Waals surface area contributed by atoms with E-state index in [1.165, 1.54) is 11.1 Å². The molecule has 110 valence electrons. The Morgan fingerprint density at radius 2 is 2.05 bits per heavy atom. The molecule has 2 heteroatoms. The lowest BCUT2D eigenvalue weighted by Gasteiger charge is -2.30. The van der Waals surface area contributed by atoms with Gasteiger partial charge in [-0.25, -0.2) is 0 Å². The van der Waals surface area contributed by atoms with Crippen molar-refractivity contribution in [3.63, 3.8) is 0 Å². The summed E-state index contributed by atoms with van der Waals surface area (Å²) in [4.78, 5) is 11.8. The predicted octanol–water partition coefficient (Wildman–Crippen LogP) is 4.74. The van der Waals surface area contributed by atoms with Crippen LogP contribution in [0.1, 0.15) is 47.5 Å². The van der Waals surface area contributed by atoms with E-state index in [1.807, 2.05) is 32.1 Å². The Morgan fingerprint density at radius 1 is 1.40 bits per heavy atom. The number of carbonyl (C=O) groups is 1. The molecule has 0 aromatic carbocycles. The van der Waals surface area contributed by atoms with Gasteiger partial charge in [-0.2, -0.15) is 0 Å². The smallest absolute Gasteiger partial charge is 0.163 e. The number of rotatable bonds is 6. The maximum atomic E-state index is 11.8. The summed E-state index contributed by atoms with van der Waals surface area (Å²) < 4.78 is 5.93. The Hall–Kier alpha value is -1.57. The maximum Gasteiger partial charge on any atom is 0.163 e. The van der Waals surface area contributed by atoms with Gasteiger partial charge in [0, 0.05) is 5.41 Å². The number of ether oxygens (including phenoxy) is 1. The van der Waals surface area contributed by atoms with E-state index in [2.05, 4.69) is 20.4 Å². The van der Waals surface area contributed by atoms with E-state index in [0.717, 1.165) is 18.6 Å². The predicted molar refractivity (Wildman–Crippen MR) is 84.4 cm³/mol. The molecule has 2 nitrogen and oxygen atoms in total. The first-order valence-corrected chi connectivity index (χ1v) is 7.14. The topological polar surface area (TPSA) is 26.3 Å². The highest BCUT2D eigenvalue weighted by molar-refractivity contribution is 5.97. The fraction of sp³-hybridized carbons (Fsp3) is 0.500. The van der Waals surface area contributed by atoms with Crippen molar-refractivity contribution in [3.8, 4) is 0 Å². The molecule has 1 aliphatic rings. The molecule has 0 aromatic heterocycles. The van der Waals surface area contributed by atoms with Crippen LogP contribution < -0.4 is 0 Å². The lowest BCUT2D eigenvalue weighted by atomic mass is 9.77. The van der Waals surface area contributed by atoms with Gasteiger partial charge in [0.15, 0.2) is 5.78 Å². The van der Waals surface area contributed by atoms with Gasteiger partial charge in [-0.05, 0) is 45.3 Å². The summed E-state index contributed by atoms with van der Waals surface area (Å²) in [6.07, 6.45) is 7.74. The fourth-order valence-corrected chi connectivity index (χ4v) is 2.23. The standard InChI is InChI=1S/C18H26O2/c1-7-18(5,6)16-10-8-9-15(14(4)19)17(16)20-12-11-13(2)3/h7,9,11H,1,8,10,12H2,2-6H3. The highest BCUT2D eigenvalue weighted by atomic mass is 16.5. The number of hydrogen-bond acceptors (Lipinski definition) is 2. The van der Waals surface area contributed by atoms with E-state index >= 15 is 0 Å². The van der Waals surface area contributed by atoms with E-state index in [1.54, 1.807) is 6.92 Å². The second kappa shape index (κ2) is 6.74. The third-order valence-corrected chi connectivity index (χ3v) is 3.65. The largest absolute Gasteiger partial charge is 0.489 e. The number of ketones is 1. The summed E-state index contributed by atoms with van der Waals surface area (Å²) >= 11 is 0. The molecule has 0 aliphatic heterocycles. The second-order valence-electron chi connectivity index (χ2n) is 6.04. The normalized spacial score (nSPS) is 15.6. The van der Waals surface area contributed by atoms with Crippen molar-refractivity contribution in [3.05, 3.63) is 47.3 Å². The van der Waals surface area contributed by atoms with Crippen LogP contribution in [0.3, 0.4) is 0 Å². The third-order valence-electron chi connectivity index (χ3n) is 3.65. The van der Waals surface area contributed by atoms with E-state index in [0.29, 0.717) is 12.2 Å². The zero-order valence-corrected chi connectivity index (χ0v) is 13.4. The minimum Gasteiger partial charge on any atom is -0.489 e. The molecule has 0 unspecified atom stereocenters. The number of allylic oxidation sites excluding steroid dienone is 5. The summed E-state index contributed by atoms with van der Waals surface area (Å²) in [5, 5.41) is 0. The lowest BCUT2D eigenvalue weighted by Crippen LogP contribution is -2.20. The van der Waals surface area contributed by atoms with Crippen LogP contribution in [0, 0.1) is 5.41 Å². The fourth-order valence-electron chi connectivity index (χ4n) is 2.23. The van der Waals surface area contributed by atoms with Gasteiger partial charge in [-0.15, -0.1) is 6.58 Å². The molecule has 20 heavy (non-hydrogen) atoms. The molecule has 0 atom stereocenters. The first kappa shape index (κ1) is 16.5. The number of Topliss-reactive ketones (excluding diaryl/α,β-unsaturated/α-hetero) is 1. The van der Waals surface area contributed by atoms with E-state index < -0.39 is 0 Å². The van der Waals surface area contributed by atoms with Gasteiger partial charge in [0.05, 0.1) is 5.57 Å². The van der Waals surface area contributed by atoms with Crippen LogP contribution in [0.5, 0.6) is 0 Å². The van der Waals surface area contributed by atoms with Crippen molar-refractivity contribution in [2.45, 2.75) is 47.5 Å². The Labute approximate surface area is 122 Å². The van der Waals surface area contributed by atoms with Gasteiger partial charge in [0.2, 0.25) is 0 Å². The van der Waals surface area contributed by atoms with Crippen molar-refractivity contribution >= 4 is 5.78 Å². The Bertz CT molecular complexity index is 484. The molecule has 0 aromatic rings. The maximum absolute atomic E-state index is 11.8.